The van der Waals surface area contributed by atoms with Crippen molar-refractivity contribution >= 4 is 17.5 Å². The van der Waals surface area contributed by atoms with Gasteiger partial charge in [-0.3, -0.25) is 9.69 Å². The Hall–Kier alpha value is -0.0200. The molecule has 0 spiro atoms. The first-order valence-electron chi connectivity index (χ1n) is 4.70. The molecule has 0 aromatic heterocycles. The Kier molecular flexibility index (Phi) is 2.71. The van der Waals surface area contributed by atoms with Crippen LogP contribution in [0.4, 0.5) is 0 Å². The van der Waals surface area contributed by atoms with Gasteiger partial charge in [0.05, 0.1) is 6.54 Å². The SMILES string of the molecule is O=C1CCN(C2CCCSC2)C1. The normalized spacial score (nSPS) is 32.7. The van der Waals surface area contributed by atoms with E-state index in [-0.39, 0.29) is 0 Å². The summed E-state index contributed by atoms with van der Waals surface area (Å²) in [7, 11) is 0. The first-order valence-corrected chi connectivity index (χ1v) is 5.85. The van der Waals surface area contributed by atoms with Crippen LogP contribution in [-0.4, -0.2) is 41.3 Å². The molecule has 0 bridgehead atoms. The predicted octanol–water partition coefficient (Wildman–Crippen LogP) is 1.16. The summed E-state index contributed by atoms with van der Waals surface area (Å²) in [6, 6.07) is 0.704. The van der Waals surface area contributed by atoms with Crippen LogP contribution in [0.25, 0.3) is 0 Å². The quantitative estimate of drug-likeness (QED) is 0.611. The second-order valence-electron chi connectivity index (χ2n) is 3.63. The van der Waals surface area contributed by atoms with Crippen LogP contribution in [0.3, 0.4) is 0 Å². The molecule has 3 heteroatoms. The number of nitrogens with zero attached hydrogens (tertiary/aromatic N) is 1. The van der Waals surface area contributed by atoms with Crippen LogP contribution in [0.2, 0.25) is 0 Å². The van der Waals surface area contributed by atoms with Crippen LogP contribution in [-0.2, 0) is 4.79 Å². The van der Waals surface area contributed by atoms with E-state index in [1.807, 2.05) is 11.8 Å². The maximum atomic E-state index is 11.0. The molecule has 0 aromatic carbocycles. The monoisotopic (exact) mass is 185 g/mol. The first kappa shape index (κ1) is 8.57. The van der Waals surface area contributed by atoms with E-state index in [0.717, 1.165) is 19.5 Å². The van der Waals surface area contributed by atoms with Gasteiger partial charge < -0.3 is 0 Å². The Labute approximate surface area is 77.7 Å². The Balaban J connectivity index is 1.86. The van der Waals surface area contributed by atoms with Crippen molar-refractivity contribution in [1.82, 2.24) is 4.90 Å². The number of carbonyl (C=O) groups is 1. The number of Topliss-reactive ketones (excluding diaryl/α,β-unsaturated/α-hetero) is 1. The molecule has 2 saturated heterocycles. The highest BCUT2D eigenvalue weighted by atomic mass is 32.2. The molecule has 2 fully saturated rings. The molecule has 0 amide bonds. The second kappa shape index (κ2) is 3.79. The van der Waals surface area contributed by atoms with Crippen molar-refractivity contribution in [2.45, 2.75) is 25.3 Å². The number of likely N-dealkylation sites (tertiary alicyclic amines) is 1. The number of thioether (sulfide) groups is 1. The highest BCUT2D eigenvalue weighted by Crippen LogP contribution is 2.23. The lowest BCUT2D eigenvalue weighted by Crippen LogP contribution is -2.37. The zero-order valence-corrected chi connectivity index (χ0v) is 8.11. The van der Waals surface area contributed by atoms with E-state index in [1.54, 1.807) is 0 Å². The fraction of sp³-hybridized carbons (Fsp3) is 0.889. The van der Waals surface area contributed by atoms with E-state index in [9.17, 15) is 4.79 Å². The molecule has 1 atom stereocenters. The lowest BCUT2D eigenvalue weighted by atomic mass is 10.1. The molecule has 2 aliphatic heterocycles. The van der Waals surface area contributed by atoms with Gasteiger partial charge in [0.1, 0.15) is 5.78 Å². The van der Waals surface area contributed by atoms with Gasteiger partial charge in [-0.25, -0.2) is 0 Å². The minimum Gasteiger partial charge on any atom is -0.298 e. The third kappa shape index (κ3) is 1.83. The van der Waals surface area contributed by atoms with Crippen molar-refractivity contribution < 1.29 is 4.79 Å². The van der Waals surface area contributed by atoms with Gasteiger partial charge in [-0.2, -0.15) is 11.8 Å². The summed E-state index contributed by atoms with van der Waals surface area (Å²) in [5.41, 5.74) is 0. The van der Waals surface area contributed by atoms with E-state index in [0.29, 0.717) is 11.8 Å². The predicted molar refractivity (Wildman–Crippen MR) is 51.5 cm³/mol. The zero-order chi connectivity index (χ0) is 8.39. The highest BCUT2D eigenvalue weighted by molar-refractivity contribution is 7.99. The molecule has 0 aliphatic carbocycles. The van der Waals surface area contributed by atoms with Gasteiger partial charge in [-0.15, -0.1) is 0 Å². The van der Waals surface area contributed by atoms with Crippen molar-refractivity contribution in [3.05, 3.63) is 0 Å². The summed E-state index contributed by atoms with van der Waals surface area (Å²) in [6.07, 6.45) is 3.43. The van der Waals surface area contributed by atoms with Gasteiger partial charge in [0.2, 0.25) is 0 Å². The molecule has 2 nitrogen and oxygen atoms in total. The molecule has 0 aromatic rings. The Morgan fingerprint density at radius 3 is 3.00 bits per heavy atom. The van der Waals surface area contributed by atoms with Gasteiger partial charge in [0.15, 0.2) is 0 Å². The lowest BCUT2D eigenvalue weighted by Gasteiger charge is -2.29. The molecule has 68 valence electrons. The third-order valence-corrected chi connectivity index (χ3v) is 3.91. The van der Waals surface area contributed by atoms with E-state index < -0.39 is 0 Å². The molecule has 2 heterocycles. The summed E-state index contributed by atoms with van der Waals surface area (Å²) < 4.78 is 0. The molecule has 12 heavy (non-hydrogen) atoms. The number of hydrogen-bond donors (Lipinski definition) is 0. The molecule has 0 saturated carbocycles. The third-order valence-electron chi connectivity index (χ3n) is 2.71. The first-order chi connectivity index (χ1) is 5.86. The van der Waals surface area contributed by atoms with Crippen molar-refractivity contribution in [2.24, 2.45) is 0 Å². The van der Waals surface area contributed by atoms with Crippen LogP contribution in [0.5, 0.6) is 0 Å². The van der Waals surface area contributed by atoms with Crippen LogP contribution in [0, 0.1) is 0 Å². The lowest BCUT2D eigenvalue weighted by molar-refractivity contribution is -0.117. The van der Waals surface area contributed by atoms with E-state index >= 15 is 0 Å². The number of rotatable bonds is 1. The second-order valence-corrected chi connectivity index (χ2v) is 4.78. The van der Waals surface area contributed by atoms with Crippen molar-refractivity contribution in [3.63, 3.8) is 0 Å². The van der Waals surface area contributed by atoms with Crippen molar-refractivity contribution in [1.29, 1.82) is 0 Å². The average molecular weight is 185 g/mol. The number of ketones is 1. The molecule has 0 N–H and O–H groups in total. The average Bonchev–Trinajstić information content (AvgIpc) is 2.54. The topological polar surface area (TPSA) is 20.3 Å². The minimum absolute atomic E-state index is 0.436. The summed E-state index contributed by atoms with van der Waals surface area (Å²) in [5.74, 6) is 3.00. The molecule has 2 rings (SSSR count). The Morgan fingerprint density at radius 2 is 2.42 bits per heavy atom. The van der Waals surface area contributed by atoms with Gasteiger partial charge in [-0.05, 0) is 18.6 Å². The van der Waals surface area contributed by atoms with Crippen LogP contribution < -0.4 is 0 Å². The van der Waals surface area contributed by atoms with Crippen LogP contribution >= 0.6 is 11.8 Å². The van der Waals surface area contributed by atoms with Gasteiger partial charge >= 0.3 is 0 Å². The number of hydrogen-bond acceptors (Lipinski definition) is 3. The highest BCUT2D eigenvalue weighted by Gasteiger charge is 2.27. The van der Waals surface area contributed by atoms with Crippen molar-refractivity contribution in [3.8, 4) is 0 Å². The summed E-state index contributed by atoms with van der Waals surface area (Å²) in [4.78, 5) is 13.4. The largest absolute Gasteiger partial charge is 0.298 e. The molecular formula is C9H15NOS. The molecular weight excluding hydrogens is 170 g/mol. The maximum absolute atomic E-state index is 11.0. The maximum Gasteiger partial charge on any atom is 0.148 e. The minimum atomic E-state index is 0.436. The van der Waals surface area contributed by atoms with Crippen molar-refractivity contribution in [2.75, 3.05) is 24.6 Å². The van der Waals surface area contributed by atoms with E-state index in [2.05, 4.69) is 4.90 Å². The zero-order valence-electron chi connectivity index (χ0n) is 7.29. The van der Waals surface area contributed by atoms with Crippen LogP contribution in [0.1, 0.15) is 19.3 Å². The van der Waals surface area contributed by atoms with Gasteiger partial charge in [0.25, 0.3) is 0 Å². The van der Waals surface area contributed by atoms with Crippen LogP contribution in [0.15, 0.2) is 0 Å². The smallest absolute Gasteiger partial charge is 0.148 e. The summed E-state index contributed by atoms with van der Waals surface area (Å²) in [5, 5.41) is 0. The fourth-order valence-electron chi connectivity index (χ4n) is 1.98. The summed E-state index contributed by atoms with van der Waals surface area (Å²) in [6.45, 7) is 1.75. The fourth-order valence-corrected chi connectivity index (χ4v) is 3.16. The molecule has 1 unspecified atom stereocenters. The Morgan fingerprint density at radius 1 is 1.50 bits per heavy atom. The van der Waals surface area contributed by atoms with E-state index in [4.69, 9.17) is 0 Å². The van der Waals surface area contributed by atoms with Gasteiger partial charge in [-0.1, -0.05) is 0 Å². The number of carbonyl (C=O) groups excluding carboxylic acids is 1. The van der Waals surface area contributed by atoms with E-state index in [1.165, 1.54) is 24.3 Å². The molecule has 0 radical (unpaired) electrons. The summed E-state index contributed by atoms with van der Waals surface area (Å²) >= 11 is 2.04. The standard InChI is InChI=1S/C9H15NOS/c11-9-3-4-10(6-9)8-2-1-5-12-7-8/h8H,1-7H2. The Bertz CT molecular complexity index is 177. The van der Waals surface area contributed by atoms with Gasteiger partial charge in [0, 0.05) is 24.8 Å². The molecule has 2 aliphatic rings.